The van der Waals surface area contributed by atoms with E-state index in [4.69, 9.17) is 0 Å². The summed E-state index contributed by atoms with van der Waals surface area (Å²) in [6, 6.07) is 72.5. The summed E-state index contributed by atoms with van der Waals surface area (Å²) in [5, 5.41) is 7.49. The lowest BCUT2D eigenvalue weighted by Crippen LogP contribution is -2.12. The molecule has 1 nitrogen and oxygen atoms in total. The Morgan fingerprint density at radius 2 is 0.796 bits per heavy atom. The molecule has 9 aromatic rings. The van der Waals surface area contributed by atoms with Gasteiger partial charge in [0.25, 0.3) is 0 Å². The predicted octanol–water partition coefficient (Wildman–Crippen LogP) is 13.6. The molecule has 0 aliphatic heterocycles. The number of hydrogen-bond acceptors (Lipinski definition) is 1. The van der Waals surface area contributed by atoms with Gasteiger partial charge < -0.3 is 4.90 Å². The van der Waals surface area contributed by atoms with Crippen LogP contribution in [-0.2, 0) is 0 Å². The molecule has 0 bridgehead atoms. The monoisotopic (exact) mass is 623 g/mol. The lowest BCUT2D eigenvalue weighted by Gasteiger charge is -2.30. The maximum atomic E-state index is 2.44. The summed E-state index contributed by atoms with van der Waals surface area (Å²) in [5.41, 5.74) is 10.5. The minimum absolute atomic E-state index is 1.10. The molecule has 0 heterocycles. The molecular formula is C48H33N. The van der Waals surface area contributed by atoms with Crippen LogP contribution in [0.5, 0.6) is 0 Å². The van der Waals surface area contributed by atoms with Crippen LogP contribution >= 0.6 is 0 Å². The lowest BCUT2D eigenvalue weighted by atomic mass is 9.91. The van der Waals surface area contributed by atoms with Crippen molar-refractivity contribution >= 4 is 49.4 Å². The topological polar surface area (TPSA) is 3.24 Å². The molecule has 0 unspecified atom stereocenters. The Hall–Kier alpha value is -6.44. The number of rotatable bonds is 6. The highest BCUT2D eigenvalue weighted by molar-refractivity contribution is 6.15. The number of anilines is 3. The van der Waals surface area contributed by atoms with Gasteiger partial charge in [0.2, 0.25) is 0 Å². The molecule has 0 radical (unpaired) electrons. The first-order valence-electron chi connectivity index (χ1n) is 16.9. The summed E-state index contributed by atoms with van der Waals surface area (Å²) < 4.78 is 0. The normalized spacial score (nSPS) is 11.3. The third-order valence-corrected chi connectivity index (χ3v) is 9.64. The van der Waals surface area contributed by atoms with E-state index < -0.39 is 0 Å². The van der Waals surface area contributed by atoms with Gasteiger partial charge in [0.15, 0.2) is 0 Å². The Balaban J connectivity index is 1.30. The zero-order valence-corrected chi connectivity index (χ0v) is 27.0. The average molecular weight is 624 g/mol. The molecule has 0 spiro atoms. The van der Waals surface area contributed by atoms with E-state index in [1.165, 1.54) is 65.7 Å². The fourth-order valence-corrected chi connectivity index (χ4v) is 7.28. The van der Waals surface area contributed by atoms with Crippen molar-refractivity contribution in [1.29, 1.82) is 0 Å². The first-order chi connectivity index (χ1) is 24.3. The van der Waals surface area contributed by atoms with Gasteiger partial charge in [0.1, 0.15) is 0 Å². The molecule has 0 atom stereocenters. The van der Waals surface area contributed by atoms with E-state index in [0.717, 1.165) is 17.1 Å². The summed E-state index contributed by atoms with van der Waals surface area (Å²) in [7, 11) is 0. The Labute approximate surface area is 287 Å². The molecule has 49 heavy (non-hydrogen) atoms. The predicted molar refractivity (Wildman–Crippen MR) is 210 cm³/mol. The molecule has 9 aromatic carbocycles. The van der Waals surface area contributed by atoms with Crippen LogP contribution in [0.15, 0.2) is 200 Å². The molecular weight excluding hydrogens is 591 g/mol. The molecule has 0 aliphatic carbocycles. The SMILES string of the molecule is c1ccc(-c2ccc(N(c3ccccc3-c3ccc4ccccc4c3)c3ccccc3-c3cc4ccccc4c4ccccc34)cc2)cc1. The summed E-state index contributed by atoms with van der Waals surface area (Å²) in [4.78, 5) is 2.44. The van der Waals surface area contributed by atoms with Crippen LogP contribution in [-0.4, -0.2) is 0 Å². The molecule has 0 saturated heterocycles. The largest absolute Gasteiger partial charge is 0.309 e. The smallest absolute Gasteiger partial charge is 0.0540 e. The molecule has 0 aliphatic rings. The summed E-state index contributed by atoms with van der Waals surface area (Å²) in [6.45, 7) is 0. The van der Waals surface area contributed by atoms with E-state index in [-0.39, 0.29) is 0 Å². The first-order valence-corrected chi connectivity index (χ1v) is 16.9. The van der Waals surface area contributed by atoms with Gasteiger partial charge in [-0.15, -0.1) is 0 Å². The summed E-state index contributed by atoms with van der Waals surface area (Å²) in [5.74, 6) is 0. The van der Waals surface area contributed by atoms with Crippen molar-refractivity contribution in [2.75, 3.05) is 4.90 Å². The second-order valence-corrected chi connectivity index (χ2v) is 12.5. The minimum Gasteiger partial charge on any atom is -0.309 e. The van der Waals surface area contributed by atoms with Crippen molar-refractivity contribution in [3.63, 3.8) is 0 Å². The summed E-state index contributed by atoms with van der Waals surface area (Å²) in [6.07, 6.45) is 0. The van der Waals surface area contributed by atoms with Crippen LogP contribution in [0.2, 0.25) is 0 Å². The Bertz CT molecular complexity index is 2600. The van der Waals surface area contributed by atoms with E-state index in [2.05, 4.69) is 205 Å². The number of benzene rings is 9. The molecule has 9 rings (SSSR count). The zero-order valence-electron chi connectivity index (χ0n) is 27.0. The molecule has 0 N–H and O–H groups in total. The van der Waals surface area contributed by atoms with Gasteiger partial charge >= 0.3 is 0 Å². The van der Waals surface area contributed by atoms with Crippen LogP contribution in [0.3, 0.4) is 0 Å². The average Bonchev–Trinajstić information content (AvgIpc) is 3.18. The Morgan fingerprint density at radius 1 is 0.265 bits per heavy atom. The standard InChI is InChI=1S/C48H33N/c1-2-14-34(15-3-1)36-28-30-40(31-29-36)49(47-24-12-10-20-42(47)39-27-26-35-16-4-5-17-37(35)32-39)48-25-13-11-23-45(48)46-33-38-18-6-7-19-41(38)43-21-8-9-22-44(43)46/h1-33H. The maximum Gasteiger partial charge on any atom is 0.0540 e. The van der Waals surface area contributed by atoms with Gasteiger partial charge in [0.05, 0.1) is 11.4 Å². The highest BCUT2D eigenvalue weighted by atomic mass is 15.1. The molecule has 230 valence electrons. The van der Waals surface area contributed by atoms with E-state index in [1.807, 2.05) is 0 Å². The van der Waals surface area contributed by atoms with Gasteiger partial charge in [-0.25, -0.2) is 0 Å². The van der Waals surface area contributed by atoms with Crippen molar-refractivity contribution in [2.24, 2.45) is 0 Å². The highest BCUT2D eigenvalue weighted by Gasteiger charge is 2.22. The van der Waals surface area contributed by atoms with E-state index in [0.29, 0.717) is 0 Å². The lowest BCUT2D eigenvalue weighted by molar-refractivity contribution is 1.28. The second-order valence-electron chi connectivity index (χ2n) is 12.5. The first kappa shape index (κ1) is 28.8. The van der Waals surface area contributed by atoms with Crippen LogP contribution in [0, 0.1) is 0 Å². The third kappa shape index (κ3) is 5.23. The Morgan fingerprint density at radius 3 is 1.57 bits per heavy atom. The van der Waals surface area contributed by atoms with Crippen molar-refractivity contribution < 1.29 is 0 Å². The summed E-state index contributed by atoms with van der Waals surface area (Å²) >= 11 is 0. The fraction of sp³-hybridized carbons (Fsp3) is 0. The zero-order chi connectivity index (χ0) is 32.6. The van der Waals surface area contributed by atoms with E-state index in [9.17, 15) is 0 Å². The molecule has 0 amide bonds. The molecule has 0 fully saturated rings. The van der Waals surface area contributed by atoms with Gasteiger partial charge in [-0.3, -0.25) is 0 Å². The number of fused-ring (bicyclic) bond motifs is 4. The van der Waals surface area contributed by atoms with Crippen molar-refractivity contribution in [1.82, 2.24) is 0 Å². The molecule has 0 aromatic heterocycles. The van der Waals surface area contributed by atoms with Gasteiger partial charge in [-0.2, -0.15) is 0 Å². The number of hydrogen-bond donors (Lipinski definition) is 0. The highest BCUT2D eigenvalue weighted by Crippen LogP contribution is 2.47. The number of nitrogens with zero attached hydrogens (tertiary/aromatic N) is 1. The Kier molecular flexibility index (Phi) is 7.22. The van der Waals surface area contributed by atoms with Crippen molar-refractivity contribution in [3.8, 4) is 33.4 Å². The van der Waals surface area contributed by atoms with E-state index in [1.54, 1.807) is 0 Å². The third-order valence-electron chi connectivity index (χ3n) is 9.64. The number of para-hydroxylation sites is 2. The van der Waals surface area contributed by atoms with Crippen LogP contribution in [0.4, 0.5) is 17.1 Å². The molecule has 0 saturated carbocycles. The molecule has 1 heteroatoms. The van der Waals surface area contributed by atoms with Crippen LogP contribution in [0.25, 0.3) is 65.7 Å². The van der Waals surface area contributed by atoms with Crippen molar-refractivity contribution in [2.45, 2.75) is 0 Å². The second kappa shape index (κ2) is 12.3. The quantitative estimate of drug-likeness (QED) is 0.167. The van der Waals surface area contributed by atoms with Crippen LogP contribution < -0.4 is 4.90 Å². The minimum atomic E-state index is 1.10. The van der Waals surface area contributed by atoms with Gasteiger partial charge in [0, 0.05) is 16.8 Å². The van der Waals surface area contributed by atoms with Gasteiger partial charge in [-0.1, -0.05) is 164 Å². The van der Waals surface area contributed by atoms with Gasteiger partial charge in [-0.05, 0) is 91.0 Å². The maximum absolute atomic E-state index is 2.44. The van der Waals surface area contributed by atoms with Crippen LogP contribution in [0.1, 0.15) is 0 Å². The fourth-order valence-electron chi connectivity index (χ4n) is 7.28. The van der Waals surface area contributed by atoms with Crippen molar-refractivity contribution in [3.05, 3.63) is 200 Å². The van der Waals surface area contributed by atoms with E-state index >= 15 is 0 Å².